The summed E-state index contributed by atoms with van der Waals surface area (Å²) >= 11 is 0. The molecule has 146 valence electrons. The van der Waals surface area contributed by atoms with Gasteiger partial charge in [0.25, 0.3) is 0 Å². The highest BCUT2D eigenvalue weighted by atomic mass is 16.7. The van der Waals surface area contributed by atoms with Crippen LogP contribution in [-0.2, 0) is 28.5 Å². The molecule has 0 saturated heterocycles. The number of aliphatic hydroxyl groups is 1. The lowest BCUT2D eigenvalue weighted by atomic mass is 10.1. The topological polar surface area (TPSA) is 124 Å². The van der Waals surface area contributed by atoms with Crippen molar-refractivity contribution in [3.63, 3.8) is 0 Å². The molecule has 2 atom stereocenters. The first-order valence-corrected chi connectivity index (χ1v) is 7.64. The molecule has 0 radical (unpaired) electrons. The molecule has 0 aromatic rings. The number of esters is 1. The number of nitrogens with one attached hydrogen (secondary N) is 1. The van der Waals surface area contributed by atoms with Gasteiger partial charge in [0.05, 0.1) is 19.8 Å². The molecular formula is C15H28N2O8. The maximum absolute atomic E-state index is 12.1. The fourth-order valence-electron chi connectivity index (χ4n) is 1.83. The largest absolute Gasteiger partial charge is 0.467 e. The van der Waals surface area contributed by atoms with E-state index in [0.717, 1.165) is 19.0 Å². The van der Waals surface area contributed by atoms with Crippen LogP contribution in [0.3, 0.4) is 0 Å². The SMILES string of the molecule is COCO[C@@H](CO)C[C@H](C(=O)OC)N(NC(=O)OC(C)(C)C)C(C)=O. The maximum atomic E-state index is 12.1. The standard InChI is InChI=1S/C15H28N2O8/c1-10(19)17(16-14(21)25-15(2,3)4)12(13(20)23-6)7-11(8-18)24-9-22-5/h11-12,18H,7-9H2,1-6H3,(H,16,21)/t11-,12-/m1/s1. The third kappa shape index (κ3) is 9.22. The molecule has 10 nitrogen and oxygen atoms in total. The van der Waals surface area contributed by atoms with Crippen molar-refractivity contribution >= 4 is 18.0 Å². The van der Waals surface area contributed by atoms with Gasteiger partial charge in [-0.05, 0) is 20.8 Å². The highest BCUT2D eigenvalue weighted by Crippen LogP contribution is 2.13. The molecule has 2 amide bonds. The van der Waals surface area contributed by atoms with E-state index in [1.165, 1.54) is 7.11 Å². The van der Waals surface area contributed by atoms with Crippen LogP contribution < -0.4 is 5.43 Å². The average molecular weight is 364 g/mol. The number of hydrogen-bond acceptors (Lipinski definition) is 8. The number of carbonyl (C=O) groups excluding carboxylic acids is 3. The molecule has 10 heteroatoms. The first-order chi connectivity index (χ1) is 11.6. The van der Waals surface area contributed by atoms with Gasteiger partial charge in [0.15, 0.2) is 6.04 Å². The fraction of sp³-hybridized carbons (Fsp3) is 0.800. The number of amides is 2. The summed E-state index contributed by atoms with van der Waals surface area (Å²) < 4.78 is 19.7. The molecular weight excluding hydrogens is 336 g/mol. The third-order valence-electron chi connectivity index (χ3n) is 2.85. The summed E-state index contributed by atoms with van der Waals surface area (Å²) in [7, 11) is 2.54. The molecule has 0 aromatic heterocycles. The van der Waals surface area contributed by atoms with E-state index in [1.807, 2.05) is 0 Å². The van der Waals surface area contributed by atoms with E-state index in [0.29, 0.717) is 0 Å². The number of hydrogen-bond donors (Lipinski definition) is 2. The Morgan fingerprint density at radius 1 is 1.20 bits per heavy atom. The lowest BCUT2D eigenvalue weighted by molar-refractivity contribution is -0.159. The zero-order chi connectivity index (χ0) is 19.6. The lowest BCUT2D eigenvalue weighted by Gasteiger charge is -2.31. The Kier molecular flexibility index (Phi) is 10.0. The van der Waals surface area contributed by atoms with Crippen molar-refractivity contribution in [1.82, 2.24) is 10.4 Å². The molecule has 0 fully saturated rings. The monoisotopic (exact) mass is 364 g/mol. The van der Waals surface area contributed by atoms with E-state index in [9.17, 15) is 19.5 Å². The van der Waals surface area contributed by atoms with Gasteiger partial charge in [-0.15, -0.1) is 0 Å². The molecule has 0 saturated carbocycles. The van der Waals surface area contributed by atoms with Crippen LogP contribution in [0.25, 0.3) is 0 Å². The van der Waals surface area contributed by atoms with Gasteiger partial charge in [0, 0.05) is 20.5 Å². The summed E-state index contributed by atoms with van der Waals surface area (Å²) in [6.07, 6.45) is -1.84. The quantitative estimate of drug-likeness (QED) is 0.355. The summed E-state index contributed by atoms with van der Waals surface area (Å²) in [4.78, 5) is 35.9. The molecule has 0 unspecified atom stereocenters. The second-order valence-electron chi connectivity index (χ2n) is 6.16. The zero-order valence-corrected chi connectivity index (χ0v) is 15.5. The molecule has 25 heavy (non-hydrogen) atoms. The van der Waals surface area contributed by atoms with Crippen LogP contribution in [0.4, 0.5) is 4.79 Å². The van der Waals surface area contributed by atoms with Crippen LogP contribution >= 0.6 is 0 Å². The van der Waals surface area contributed by atoms with E-state index in [2.05, 4.69) is 10.2 Å². The molecule has 0 rings (SSSR count). The molecule has 0 aliphatic heterocycles. The van der Waals surface area contributed by atoms with Crippen molar-refractivity contribution in [2.45, 2.75) is 51.9 Å². The van der Waals surface area contributed by atoms with Gasteiger partial charge >= 0.3 is 12.1 Å². The molecule has 0 heterocycles. The summed E-state index contributed by atoms with van der Waals surface area (Å²) in [6.45, 7) is 5.60. The molecule has 2 N–H and O–H groups in total. The normalized spacial score (nSPS) is 13.6. The van der Waals surface area contributed by atoms with Crippen LogP contribution in [0.15, 0.2) is 0 Å². The summed E-state index contributed by atoms with van der Waals surface area (Å²) in [5.41, 5.74) is 1.44. The summed E-state index contributed by atoms with van der Waals surface area (Å²) in [6, 6.07) is -1.22. The first kappa shape index (κ1) is 23.1. The Balaban J connectivity index is 5.28. The molecule has 0 bridgehead atoms. The van der Waals surface area contributed by atoms with Crippen LogP contribution in [0.5, 0.6) is 0 Å². The van der Waals surface area contributed by atoms with Crippen molar-refractivity contribution in [1.29, 1.82) is 0 Å². The second-order valence-corrected chi connectivity index (χ2v) is 6.16. The number of nitrogens with zero attached hydrogens (tertiary/aromatic N) is 1. The lowest BCUT2D eigenvalue weighted by Crippen LogP contribution is -2.56. The Morgan fingerprint density at radius 2 is 1.80 bits per heavy atom. The van der Waals surface area contributed by atoms with Gasteiger partial charge < -0.3 is 24.1 Å². The highest BCUT2D eigenvalue weighted by Gasteiger charge is 2.34. The predicted octanol–water partition coefficient (Wildman–Crippen LogP) is 0.188. The van der Waals surface area contributed by atoms with Crippen molar-refractivity contribution < 1.29 is 38.4 Å². The van der Waals surface area contributed by atoms with Crippen molar-refractivity contribution in [3.8, 4) is 0 Å². The summed E-state index contributed by atoms with van der Waals surface area (Å²) in [5.74, 6) is -1.41. The number of ether oxygens (including phenoxy) is 4. The molecule has 0 aliphatic rings. The van der Waals surface area contributed by atoms with Gasteiger partial charge in [-0.3, -0.25) is 4.79 Å². The number of methoxy groups -OCH3 is 2. The zero-order valence-electron chi connectivity index (χ0n) is 15.5. The van der Waals surface area contributed by atoms with Crippen LogP contribution in [0, 0.1) is 0 Å². The van der Waals surface area contributed by atoms with Gasteiger partial charge in [-0.1, -0.05) is 0 Å². The second kappa shape index (κ2) is 10.9. The average Bonchev–Trinajstić information content (AvgIpc) is 2.50. The van der Waals surface area contributed by atoms with E-state index < -0.39 is 42.3 Å². The fourth-order valence-corrected chi connectivity index (χ4v) is 1.83. The van der Waals surface area contributed by atoms with E-state index >= 15 is 0 Å². The summed E-state index contributed by atoms with van der Waals surface area (Å²) in [5, 5.41) is 10.2. The van der Waals surface area contributed by atoms with E-state index in [4.69, 9.17) is 14.2 Å². The van der Waals surface area contributed by atoms with Gasteiger partial charge in [0.1, 0.15) is 12.4 Å². The number of carbonyl (C=O) groups is 3. The Labute approximate surface area is 147 Å². The number of hydrazine groups is 1. The first-order valence-electron chi connectivity index (χ1n) is 7.64. The molecule has 0 aliphatic carbocycles. The Bertz CT molecular complexity index is 449. The minimum Gasteiger partial charge on any atom is -0.467 e. The highest BCUT2D eigenvalue weighted by molar-refractivity contribution is 5.85. The smallest absolute Gasteiger partial charge is 0.426 e. The van der Waals surface area contributed by atoms with Crippen LogP contribution in [0.2, 0.25) is 0 Å². The minimum absolute atomic E-state index is 0.112. The third-order valence-corrected chi connectivity index (χ3v) is 2.85. The van der Waals surface area contributed by atoms with Crippen molar-refractivity contribution in [2.24, 2.45) is 0 Å². The molecule has 0 aromatic carbocycles. The van der Waals surface area contributed by atoms with Gasteiger partial charge in [-0.2, -0.15) is 0 Å². The van der Waals surface area contributed by atoms with Crippen molar-refractivity contribution in [3.05, 3.63) is 0 Å². The van der Waals surface area contributed by atoms with Gasteiger partial charge in [-0.25, -0.2) is 20.0 Å². The van der Waals surface area contributed by atoms with Gasteiger partial charge in [0.2, 0.25) is 5.91 Å². The van der Waals surface area contributed by atoms with Crippen LogP contribution in [0.1, 0.15) is 34.1 Å². The molecule has 0 spiro atoms. The van der Waals surface area contributed by atoms with Crippen molar-refractivity contribution in [2.75, 3.05) is 27.6 Å². The Morgan fingerprint density at radius 3 is 2.20 bits per heavy atom. The predicted molar refractivity (Wildman–Crippen MR) is 86.1 cm³/mol. The number of aliphatic hydroxyl groups excluding tert-OH is 1. The van der Waals surface area contributed by atoms with E-state index in [-0.39, 0.29) is 13.2 Å². The maximum Gasteiger partial charge on any atom is 0.426 e. The minimum atomic E-state index is -1.22. The Hall–Kier alpha value is -1.91. The van der Waals surface area contributed by atoms with Crippen LogP contribution in [-0.4, -0.2) is 73.5 Å². The van der Waals surface area contributed by atoms with E-state index in [1.54, 1.807) is 20.8 Å². The number of rotatable bonds is 8.